The summed E-state index contributed by atoms with van der Waals surface area (Å²) in [6.45, 7) is 4.08. The predicted octanol–water partition coefficient (Wildman–Crippen LogP) is 2.03. The summed E-state index contributed by atoms with van der Waals surface area (Å²) in [6.07, 6.45) is 7.03. The monoisotopic (exact) mass is 210 g/mol. The molecule has 1 rings (SSSR count). The summed E-state index contributed by atoms with van der Waals surface area (Å²) in [5, 5.41) is 0. The molecule has 4 heteroatoms. The van der Waals surface area contributed by atoms with Crippen molar-refractivity contribution in [2.45, 2.75) is 32.7 Å². The van der Waals surface area contributed by atoms with Crippen LogP contribution in [0, 0.1) is 5.92 Å². The van der Waals surface area contributed by atoms with Crippen molar-refractivity contribution in [2.24, 2.45) is 5.92 Å². The minimum absolute atomic E-state index is 0.0209. The van der Waals surface area contributed by atoms with E-state index in [-0.39, 0.29) is 17.9 Å². The van der Waals surface area contributed by atoms with Crippen molar-refractivity contribution in [1.82, 2.24) is 9.55 Å². The van der Waals surface area contributed by atoms with Crippen molar-refractivity contribution < 1.29 is 9.53 Å². The molecule has 1 heterocycles. The third-order valence-electron chi connectivity index (χ3n) is 2.69. The fraction of sp³-hybridized carbons (Fsp3) is 0.636. The summed E-state index contributed by atoms with van der Waals surface area (Å²) in [4.78, 5) is 15.4. The van der Waals surface area contributed by atoms with E-state index in [0.717, 1.165) is 12.8 Å². The van der Waals surface area contributed by atoms with Crippen LogP contribution >= 0.6 is 0 Å². The predicted molar refractivity (Wildman–Crippen MR) is 57.4 cm³/mol. The van der Waals surface area contributed by atoms with E-state index in [1.165, 1.54) is 7.11 Å². The molecule has 0 radical (unpaired) electrons. The Kier molecular flexibility index (Phi) is 4.34. The number of imidazole rings is 1. The first kappa shape index (κ1) is 11.8. The van der Waals surface area contributed by atoms with Gasteiger partial charge in [0.2, 0.25) is 0 Å². The van der Waals surface area contributed by atoms with Crippen LogP contribution in [0.4, 0.5) is 0 Å². The molecule has 2 unspecified atom stereocenters. The Labute approximate surface area is 90.3 Å². The van der Waals surface area contributed by atoms with Gasteiger partial charge in [0.1, 0.15) is 0 Å². The number of aromatic nitrogens is 2. The van der Waals surface area contributed by atoms with E-state index in [0.29, 0.717) is 0 Å². The molecule has 0 N–H and O–H groups in total. The maximum atomic E-state index is 11.4. The average Bonchev–Trinajstić information content (AvgIpc) is 2.77. The quantitative estimate of drug-likeness (QED) is 0.698. The zero-order valence-electron chi connectivity index (χ0n) is 9.51. The molecule has 0 bridgehead atoms. The van der Waals surface area contributed by atoms with Gasteiger partial charge in [-0.3, -0.25) is 4.79 Å². The first-order valence-corrected chi connectivity index (χ1v) is 5.24. The molecule has 0 aliphatic heterocycles. The van der Waals surface area contributed by atoms with Gasteiger partial charge < -0.3 is 9.30 Å². The van der Waals surface area contributed by atoms with Crippen molar-refractivity contribution in [3.63, 3.8) is 0 Å². The largest absolute Gasteiger partial charge is 0.469 e. The van der Waals surface area contributed by atoms with Crippen molar-refractivity contribution >= 4 is 5.97 Å². The van der Waals surface area contributed by atoms with Crippen molar-refractivity contribution in [3.8, 4) is 0 Å². The first-order chi connectivity index (χ1) is 7.19. The maximum Gasteiger partial charge on any atom is 0.308 e. The van der Waals surface area contributed by atoms with Crippen LogP contribution in [0.5, 0.6) is 0 Å². The number of carbonyl (C=O) groups excluding carboxylic acids is 1. The van der Waals surface area contributed by atoms with Crippen LogP contribution in [0.15, 0.2) is 18.7 Å². The van der Waals surface area contributed by atoms with Gasteiger partial charge in [0.25, 0.3) is 0 Å². The highest BCUT2D eigenvalue weighted by Crippen LogP contribution is 2.20. The molecule has 0 aliphatic carbocycles. The minimum Gasteiger partial charge on any atom is -0.469 e. The van der Waals surface area contributed by atoms with Crippen molar-refractivity contribution in [1.29, 1.82) is 0 Å². The van der Waals surface area contributed by atoms with Gasteiger partial charge in [-0.25, -0.2) is 4.98 Å². The Hall–Kier alpha value is -1.32. The zero-order chi connectivity index (χ0) is 11.3. The Balaban J connectivity index is 2.56. The summed E-state index contributed by atoms with van der Waals surface area (Å²) >= 11 is 0. The molecule has 0 amide bonds. The zero-order valence-corrected chi connectivity index (χ0v) is 9.51. The number of hydrogen-bond acceptors (Lipinski definition) is 3. The van der Waals surface area contributed by atoms with Crippen LogP contribution in [0.2, 0.25) is 0 Å². The highest BCUT2D eigenvalue weighted by molar-refractivity contribution is 5.72. The molecule has 1 aromatic rings. The van der Waals surface area contributed by atoms with Gasteiger partial charge in [-0.2, -0.15) is 0 Å². The molecule has 84 valence electrons. The number of rotatable bonds is 5. The van der Waals surface area contributed by atoms with Crippen LogP contribution in [-0.2, 0) is 9.53 Å². The van der Waals surface area contributed by atoms with Crippen LogP contribution in [-0.4, -0.2) is 22.6 Å². The van der Waals surface area contributed by atoms with Gasteiger partial charge in [-0.05, 0) is 19.8 Å². The fourth-order valence-corrected chi connectivity index (χ4v) is 1.66. The number of hydrogen-bond donors (Lipinski definition) is 0. The first-order valence-electron chi connectivity index (χ1n) is 5.24. The minimum atomic E-state index is -0.121. The topological polar surface area (TPSA) is 44.1 Å². The third-order valence-corrected chi connectivity index (χ3v) is 2.69. The third kappa shape index (κ3) is 3.08. The van der Waals surface area contributed by atoms with Gasteiger partial charge in [0.05, 0.1) is 19.4 Å². The van der Waals surface area contributed by atoms with Crippen LogP contribution in [0.3, 0.4) is 0 Å². The standard InChI is InChI=1S/C11H18N2O2/c1-4-10(11(14)15-3)7-9(2)13-6-5-12-8-13/h5-6,8-10H,4,7H2,1-3H3. The molecule has 0 saturated carbocycles. The molecule has 2 atom stereocenters. The van der Waals surface area contributed by atoms with E-state index < -0.39 is 0 Å². The van der Waals surface area contributed by atoms with Crippen LogP contribution in [0.1, 0.15) is 32.7 Å². The fourth-order valence-electron chi connectivity index (χ4n) is 1.66. The Bertz CT molecular complexity index is 296. The summed E-state index contributed by atoms with van der Waals surface area (Å²) in [5.41, 5.74) is 0. The van der Waals surface area contributed by atoms with E-state index >= 15 is 0 Å². The van der Waals surface area contributed by atoms with Crippen molar-refractivity contribution in [3.05, 3.63) is 18.7 Å². The van der Waals surface area contributed by atoms with Gasteiger partial charge in [0, 0.05) is 18.4 Å². The molecule has 0 aliphatic rings. The highest BCUT2D eigenvalue weighted by atomic mass is 16.5. The second-order valence-corrected chi connectivity index (χ2v) is 3.72. The molecule has 15 heavy (non-hydrogen) atoms. The van der Waals surface area contributed by atoms with E-state index in [1.807, 2.05) is 17.7 Å². The smallest absolute Gasteiger partial charge is 0.308 e. The van der Waals surface area contributed by atoms with E-state index in [4.69, 9.17) is 4.74 Å². The number of carbonyl (C=O) groups is 1. The molecular formula is C11H18N2O2. The van der Waals surface area contributed by atoms with E-state index in [1.54, 1.807) is 12.5 Å². The molecular weight excluding hydrogens is 192 g/mol. The van der Waals surface area contributed by atoms with Gasteiger partial charge in [0.15, 0.2) is 0 Å². The average molecular weight is 210 g/mol. The normalized spacial score (nSPS) is 14.6. The summed E-state index contributed by atoms with van der Waals surface area (Å²) in [5.74, 6) is -0.142. The summed E-state index contributed by atoms with van der Waals surface area (Å²) in [7, 11) is 1.44. The van der Waals surface area contributed by atoms with E-state index in [2.05, 4.69) is 11.9 Å². The van der Waals surface area contributed by atoms with E-state index in [9.17, 15) is 4.79 Å². The number of ether oxygens (including phenoxy) is 1. The van der Waals surface area contributed by atoms with Crippen molar-refractivity contribution in [2.75, 3.05) is 7.11 Å². The number of methoxy groups -OCH3 is 1. The molecule has 0 aromatic carbocycles. The molecule has 0 fully saturated rings. The number of esters is 1. The van der Waals surface area contributed by atoms with Gasteiger partial charge in [-0.1, -0.05) is 6.92 Å². The van der Waals surface area contributed by atoms with Crippen LogP contribution < -0.4 is 0 Å². The second-order valence-electron chi connectivity index (χ2n) is 3.72. The lowest BCUT2D eigenvalue weighted by atomic mass is 9.98. The van der Waals surface area contributed by atoms with Crippen LogP contribution in [0.25, 0.3) is 0 Å². The molecule has 0 saturated heterocycles. The Morgan fingerprint density at radius 2 is 2.33 bits per heavy atom. The lowest BCUT2D eigenvalue weighted by Crippen LogP contribution is -2.19. The van der Waals surface area contributed by atoms with Gasteiger partial charge >= 0.3 is 5.97 Å². The highest BCUT2D eigenvalue weighted by Gasteiger charge is 2.20. The summed E-state index contributed by atoms with van der Waals surface area (Å²) in [6, 6.07) is 0.275. The second kappa shape index (κ2) is 5.53. The van der Waals surface area contributed by atoms with Gasteiger partial charge in [-0.15, -0.1) is 0 Å². The molecule has 4 nitrogen and oxygen atoms in total. The molecule has 1 aromatic heterocycles. The number of nitrogens with zero attached hydrogens (tertiary/aromatic N) is 2. The Morgan fingerprint density at radius 3 is 2.80 bits per heavy atom. The lowest BCUT2D eigenvalue weighted by molar-refractivity contribution is -0.146. The molecule has 0 spiro atoms. The lowest BCUT2D eigenvalue weighted by Gasteiger charge is -2.18. The maximum absolute atomic E-state index is 11.4. The summed E-state index contributed by atoms with van der Waals surface area (Å²) < 4.78 is 6.76. The SMILES string of the molecule is CCC(CC(C)n1ccnc1)C(=O)OC. The Morgan fingerprint density at radius 1 is 1.60 bits per heavy atom.